The van der Waals surface area contributed by atoms with Crippen LogP contribution in [-0.4, -0.2) is 46.5 Å². The molecule has 0 amide bonds. The third-order valence-corrected chi connectivity index (χ3v) is 5.09. The second kappa shape index (κ2) is 13.6. The van der Waals surface area contributed by atoms with Gasteiger partial charge in [-0.2, -0.15) is 0 Å². The lowest BCUT2D eigenvalue weighted by molar-refractivity contribution is -0.384. The maximum absolute atomic E-state index is 10.9. The number of benzene rings is 2. The Kier molecular flexibility index (Phi) is 9.72. The number of nitro benzene ring substituents is 2. The van der Waals surface area contributed by atoms with Crippen molar-refractivity contribution in [3.63, 3.8) is 0 Å². The molecule has 4 rings (SSSR count). The van der Waals surface area contributed by atoms with Crippen LogP contribution in [0.3, 0.4) is 0 Å². The fourth-order valence-electron chi connectivity index (χ4n) is 3.26. The first-order valence-electron chi connectivity index (χ1n) is 11.4. The number of anilines is 2. The molecule has 40 heavy (non-hydrogen) atoms. The van der Waals surface area contributed by atoms with Crippen LogP contribution in [0.4, 0.5) is 22.7 Å². The van der Waals surface area contributed by atoms with Crippen molar-refractivity contribution in [3.8, 4) is 23.0 Å². The fraction of sp³-hybridized carbons (Fsp3) is 0.0769. The molecular weight excluding hydrogens is 524 g/mol. The molecule has 0 aliphatic rings. The number of hydrogen-bond donors (Lipinski definition) is 2. The molecule has 0 aliphatic heterocycles. The van der Waals surface area contributed by atoms with E-state index in [0.29, 0.717) is 46.9 Å². The van der Waals surface area contributed by atoms with Gasteiger partial charge in [0.25, 0.3) is 11.4 Å². The van der Waals surface area contributed by atoms with E-state index in [9.17, 15) is 29.8 Å². The summed E-state index contributed by atoms with van der Waals surface area (Å²) in [4.78, 5) is 49.7. The van der Waals surface area contributed by atoms with E-state index < -0.39 is 9.85 Å². The molecule has 0 aliphatic carbocycles. The number of ether oxygens (including phenoxy) is 2. The maximum atomic E-state index is 10.9. The van der Waals surface area contributed by atoms with E-state index in [2.05, 4.69) is 20.6 Å². The molecule has 2 heterocycles. The van der Waals surface area contributed by atoms with E-state index in [-0.39, 0.29) is 22.8 Å². The minimum atomic E-state index is -0.498. The summed E-state index contributed by atoms with van der Waals surface area (Å²) in [6.07, 6.45) is 4.05. The molecule has 0 bridgehead atoms. The number of nitro groups is 2. The Labute approximate surface area is 226 Å². The van der Waals surface area contributed by atoms with Crippen LogP contribution >= 0.6 is 0 Å². The molecular formula is C26H22N6O8. The summed E-state index contributed by atoms with van der Waals surface area (Å²) in [7, 11) is 3.20. The molecule has 4 aromatic rings. The molecule has 0 saturated heterocycles. The number of carbonyl (C=O) groups is 2. The number of aromatic nitrogens is 2. The van der Waals surface area contributed by atoms with E-state index in [1.54, 1.807) is 50.5 Å². The topological polar surface area (TPSA) is 189 Å². The molecule has 0 radical (unpaired) electrons. The minimum Gasteiger partial charge on any atom is -0.457 e. The second-order valence-electron chi connectivity index (χ2n) is 7.64. The quantitative estimate of drug-likeness (QED) is 0.149. The Hall–Kier alpha value is -5.92. The van der Waals surface area contributed by atoms with E-state index in [1.807, 2.05) is 0 Å². The lowest BCUT2D eigenvalue weighted by Crippen LogP contribution is -1.97. The van der Waals surface area contributed by atoms with Gasteiger partial charge in [-0.05, 0) is 36.4 Å². The molecule has 2 aromatic carbocycles. The van der Waals surface area contributed by atoms with Crippen molar-refractivity contribution in [1.82, 2.24) is 9.97 Å². The highest BCUT2D eigenvalue weighted by Crippen LogP contribution is 2.32. The smallest absolute Gasteiger partial charge is 0.296 e. The molecule has 0 saturated carbocycles. The summed E-state index contributed by atoms with van der Waals surface area (Å²) in [5.74, 6) is 1.37. The largest absolute Gasteiger partial charge is 0.457 e. The fourth-order valence-corrected chi connectivity index (χ4v) is 3.26. The number of rotatable bonds is 10. The van der Waals surface area contributed by atoms with E-state index in [0.717, 1.165) is 0 Å². The van der Waals surface area contributed by atoms with Gasteiger partial charge < -0.3 is 20.1 Å². The van der Waals surface area contributed by atoms with Gasteiger partial charge in [0.2, 0.25) is 0 Å². The van der Waals surface area contributed by atoms with Crippen molar-refractivity contribution < 1.29 is 28.9 Å². The SMILES string of the molecule is CNc1ccc(Oc2ccnc(C=O)c2)cc1[N+](=O)[O-].CNc1ccc(Oc2ccnc(C=O)c2)cc1[N+](=O)[O-]. The lowest BCUT2D eigenvalue weighted by Gasteiger charge is -2.07. The highest BCUT2D eigenvalue weighted by molar-refractivity contribution is 5.73. The minimum absolute atomic E-state index is 0.0883. The predicted molar refractivity (Wildman–Crippen MR) is 145 cm³/mol. The van der Waals surface area contributed by atoms with E-state index >= 15 is 0 Å². The standard InChI is InChI=1S/2C13H11N3O4/c2*1-14-12-3-2-10(7-13(12)16(18)19)20-11-4-5-15-9(6-11)8-17/h2*2-8,14H,1H3. The maximum Gasteiger partial charge on any atom is 0.296 e. The number of nitrogens with zero attached hydrogens (tertiary/aromatic N) is 4. The average Bonchev–Trinajstić information content (AvgIpc) is 2.97. The number of aldehydes is 2. The summed E-state index contributed by atoms with van der Waals surface area (Å²) >= 11 is 0. The van der Waals surface area contributed by atoms with E-state index in [4.69, 9.17) is 9.47 Å². The van der Waals surface area contributed by atoms with Crippen LogP contribution in [0, 0.1) is 20.2 Å². The Morgan fingerprint density at radius 1 is 0.650 bits per heavy atom. The summed E-state index contributed by atoms with van der Waals surface area (Å²) in [5, 5.41) is 27.3. The molecule has 204 valence electrons. The molecule has 0 fully saturated rings. The van der Waals surface area contributed by atoms with Gasteiger partial charge in [-0.25, -0.2) is 0 Å². The van der Waals surface area contributed by atoms with Crippen LogP contribution < -0.4 is 20.1 Å². The van der Waals surface area contributed by atoms with E-state index in [1.165, 1.54) is 36.7 Å². The van der Waals surface area contributed by atoms with Gasteiger partial charge in [-0.1, -0.05) is 0 Å². The van der Waals surface area contributed by atoms with Gasteiger partial charge in [0, 0.05) is 38.6 Å². The van der Waals surface area contributed by atoms with Crippen molar-refractivity contribution in [3.05, 3.63) is 105 Å². The van der Waals surface area contributed by atoms with Crippen molar-refractivity contribution in [2.75, 3.05) is 24.7 Å². The first kappa shape index (κ1) is 28.6. The van der Waals surface area contributed by atoms with Gasteiger partial charge in [0.15, 0.2) is 12.6 Å². The van der Waals surface area contributed by atoms with Crippen molar-refractivity contribution in [2.45, 2.75) is 0 Å². The summed E-state index contributed by atoms with van der Waals surface area (Å²) in [5.41, 5.74) is 1.06. The number of pyridine rings is 2. The number of carbonyl (C=O) groups excluding carboxylic acids is 2. The van der Waals surface area contributed by atoms with Crippen LogP contribution in [0.15, 0.2) is 73.1 Å². The highest BCUT2D eigenvalue weighted by atomic mass is 16.6. The van der Waals surface area contributed by atoms with Crippen LogP contribution in [0.5, 0.6) is 23.0 Å². The predicted octanol–water partition coefficient (Wildman–Crippen LogP) is 5.27. The zero-order chi connectivity index (χ0) is 29.1. The monoisotopic (exact) mass is 546 g/mol. The van der Waals surface area contributed by atoms with Gasteiger partial charge >= 0.3 is 0 Å². The van der Waals surface area contributed by atoms with Gasteiger partial charge in [0.1, 0.15) is 45.8 Å². The van der Waals surface area contributed by atoms with Crippen molar-refractivity contribution >= 4 is 35.3 Å². The van der Waals surface area contributed by atoms with Gasteiger partial charge in [-0.15, -0.1) is 0 Å². The lowest BCUT2D eigenvalue weighted by atomic mass is 10.2. The molecule has 2 N–H and O–H groups in total. The van der Waals surface area contributed by atoms with Crippen LogP contribution in [0.1, 0.15) is 21.0 Å². The zero-order valence-corrected chi connectivity index (χ0v) is 21.1. The highest BCUT2D eigenvalue weighted by Gasteiger charge is 2.15. The van der Waals surface area contributed by atoms with Crippen molar-refractivity contribution in [1.29, 1.82) is 0 Å². The molecule has 0 spiro atoms. The average molecular weight is 546 g/mol. The Morgan fingerprint density at radius 2 is 1.02 bits per heavy atom. The van der Waals surface area contributed by atoms with Gasteiger partial charge in [-0.3, -0.25) is 39.8 Å². The molecule has 14 heteroatoms. The Balaban J connectivity index is 0.000000220. The molecule has 2 aromatic heterocycles. The first-order chi connectivity index (χ1) is 19.3. The van der Waals surface area contributed by atoms with Crippen LogP contribution in [0.25, 0.3) is 0 Å². The third-order valence-electron chi connectivity index (χ3n) is 5.09. The molecule has 14 nitrogen and oxygen atoms in total. The first-order valence-corrected chi connectivity index (χ1v) is 11.4. The van der Waals surface area contributed by atoms with Crippen LogP contribution in [0.2, 0.25) is 0 Å². The molecule has 0 atom stereocenters. The third kappa shape index (κ3) is 7.55. The Bertz CT molecular complexity index is 1430. The summed E-state index contributed by atoms with van der Waals surface area (Å²) in [6, 6.07) is 14.9. The summed E-state index contributed by atoms with van der Waals surface area (Å²) in [6.45, 7) is 0. The second-order valence-corrected chi connectivity index (χ2v) is 7.64. The molecule has 0 unspecified atom stereocenters. The van der Waals surface area contributed by atoms with Crippen molar-refractivity contribution in [2.24, 2.45) is 0 Å². The number of nitrogens with one attached hydrogen (secondary N) is 2. The normalized spacial score (nSPS) is 9.85. The Morgan fingerprint density at radius 3 is 1.35 bits per heavy atom. The zero-order valence-electron chi connectivity index (χ0n) is 21.1. The number of hydrogen-bond acceptors (Lipinski definition) is 12. The van der Waals surface area contributed by atoms with Crippen LogP contribution in [-0.2, 0) is 0 Å². The summed E-state index contributed by atoms with van der Waals surface area (Å²) < 4.78 is 11.0. The van der Waals surface area contributed by atoms with Gasteiger partial charge in [0.05, 0.1) is 22.0 Å².